The molecule has 1 aromatic carbocycles. The normalized spacial score (nSPS) is 10.8. The molecule has 0 N–H and O–H groups in total. The molecule has 3 aromatic heterocycles. The molecule has 0 unspecified atom stereocenters. The van der Waals surface area contributed by atoms with E-state index in [2.05, 4.69) is 20.2 Å². The molecule has 0 aliphatic carbocycles. The fourth-order valence-electron chi connectivity index (χ4n) is 2.72. The Hall–Kier alpha value is -3.61. The zero-order chi connectivity index (χ0) is 17.9. The summed E-state index contributed by atoms with van der Waals surface area (Å²) in [6.07, 6.45) is 10.7. The maximum Gasteiger partial charge on any atom is 0.203 e. The fourth-order valence-corrected chi connectivity index (χ4v) is 2.72. The topological polar surface area (TPSA) is 78.5 Å². The number of nitrogens with zero attached hydrogens (tertiary/aromatic N) is 6. The van der Waals surface area contributed by atoms with Gasteiger partial charge in [-0.1, -0.05) is 18.2 Å². The van der Waals surface area contributed by atoms with Crippen molar-refractivity contribution in [1.82, 2.24) is 29.5 Å². The Morgan fingerprint density at radius 2 is 2.04 bits per heavy atom. The third-order valence-electron chi connectivity index (χ3n) is 3.99. The second-order valence-electron chi connectivity index (χ2n) is 5.91. The van der Waals surface area contributed by atoms with Crippen LogP contribution in [0, 0.1) is 0 Å². The van der Waals surface area contributed by atoms with Crippen LogP contribution < -0.4 is 5.43 Å². The standard InChI is InChI=1S/C19H16N6O/c1-24-13-16(11-22-24)25-8-5-19(26)17(23-25)10-14-3-2-4-15(9-14)18-12-20-6-7-21-18/h2-9,11-13H,10H2,1H3. The van der Waals surface area contributed by atoms with Gasteiger partial charge in [0.15, 0.2) is 0 Å². The first-order valence-corrected chi connectivity index (χ1v) is 8.12. The largest absolute Gasteiger partial charge is 0.288 e. The molecular weight excluding hydrogens is 328 g/mol. The van der Waals surface area contributed by atoms with Crippen molar-refractivity contribution in [3.63, 3.8) is 0 Å². The number of rotatable bonds is 4. The first-order chi connectivity index (χ1) is 12.7. The average Bonchev–Trinajstić information content (AvgIpc) is 3.11. The van der Waals surface area contributed by atoms with Crippen molar-refractivity contribution in [2.45, 2.75) is 6.42 Å². The van der Waals surface area contributed by atoms with Gasteiger partial charge in [-0.05, 0) is 11.6 Å². The lowest BCUT2D eigenvalue weighted by molar-refractivity contribution is 0.762. The van der Waals surface area contributed by atoms with Gasteiger partial charge in [0.05, 0.1) is 24.3 Å². The highest BCUT2D eigenvalue weighted by Crippen LogP contribution is 2.18. The van der Waals surface area contributed by atoms with E-state index in [0.717, 1.165) is 22.5 Å². The zero-order valence-electron chi connectivity index (χ0n) is 14.1. The van der Waals surface area contributed by atoms with Crippen molar-refractivity contribution in [3.8, 4) is 16.9 Å². The van der Waals surface area contributed by atoms with Gasteiger partial charge in [-0.3, -0.25) is 19.4 Å². The minimum atomic E-state index is -0.0879. The lowest BCUT2D eigenvalue weighted by Gasteiger charge is -2.07. The molecule has 0 atom stereocenters. The number of hydrogen-bond donors (Lipinski definition) is 0. The third-order valence-corrected chi connectivity index (χ3v) is 3.99. The van der Waals surface area contributed by atoms with E-state index in [9.17, 15) is 4.79 Å². The van der Waals surface area contributed by atoms with Crippen LogP contribution in [-0.4, -0.2) is 29.5 Å². The van der Waals surface area contributed by atoms with Crippen LogP contribution >= 0.6 is 0 Å². The van der Waals surface area contributed by atoms with Crippen LogP contribution in [0.1, 0.15) is 11.3 Å². The summed E-state index contributed by atoms with van der Waals surface area (Å²) in [4.78, 5) is 20.7. The first-order valence-electron chi connectivity index (χ1n) is 8.12. The van der Waals surface area contributed by atoms with E-state index in [0.29, 0.717) is 12.1 Å². The number of hydrogen-bond acceptors (Lipinski definition) is 5. The summed E-state index contributed by atoms with van der Waals surface area (Å²) in [6, 6.07) is 9.43. The molecule has 7 nitrogen and oxygen atoms in total. The molecule has 0 saturated carbocycles. The van der Waals surface area contributed by atoms with Crippen LogP contribution in [0.25, 0.3) is 16.9 Å². The fraction of sp³-hybridized carbons (Fsp3) is 0.105. The molecule has 0 saturated heterocycles. The van der Waals surface area contributed by atoms with Gasteiger partial charge in [-0.2, -0.15) is 10.2 Å². The third kappa shape index (κ3) is 3.27. The van der Waals surface area contributed by atoms with Crippen molar-refractivity contribution in [1.29, 1.82) is 0 Å². The second-order valence-corrected chi connectivity index (χ2v) is 5.91. The molecule has 4 rings (SSSR count). The van der Waals surface area contributed by atoms with Crippen molar-refractivity contribution >= 4 is 0 Å². The molecule has 0 bridgehead atoms. The van der Waals surface area contributed by atoms with E-state index in [1.807, 2.05) is 37.5 Å². The van der Waals surface area contributed by atoms with Gasteiger partial charge in [0.25, 0.3) is 0 Å². The molecule has 4 aromatic rings. The van der Waals surface area contributed by atoms with Crippen LogP contribution in [0.4, 0.5) is 0 Å². The van der Waals surface area contributed by atoms with Crippen LogP contribution in [0.15, 0.2) is 72.3 Å². The summed E-state index contributed by atoms with van der Waals surface area (Å²) in [7, 11) is 1.84. The number of aryl methyl sites for hydroxylation is 1. The molecule has 3 heterocycles. The van der Waals surface area contributed by atoms with E-state index in [1.165, 1.54) is 6.07 Å². The van der Waals surface area contributed by atoms with Gasteiger partial charge < -0.3 is 0 Å². The molecule has 0 spiro atoms. The molecule has 0 radical (unpaired) electrons. The van der Waals surface area contributed by atoms with Gasteiger partial charge in [0.2, 0.25) is 5.43 Å². The Balaban J connectivity index is 1.66. The maximum absolute atomic E-state index is 12.2. The Morgan fingerprint density at radius 1 is 1.12 bits per heavy atom. The van der Waals surface area contributed by atoms with Crippen LogP contribution in [0.5, 0.6) is 0 Å². The maximum atomic E-state index is 12.2. The van der Waals surface area contributed by atoms with Gasteiger partial charge in [0.1, 0.15) is 11.4 Å². The van der Waals surface area contributed by atoms with Crippen molar-refractivity contribution in [2.24, 2.45) is 7.05 Å². The van der Waals surface area contributed by atoms with Crippen LogP contribution in [0.2, 0.25) is 0 Å². The number of benzene rings is 1. The lowest BCUT2D eigenvalue weighted by atomic mass is 10.0. The highest BCUT2D eigenvalue weighted by molar-refractivity contribution is 5.59. The molecular formula is C19H16N6O. The Bertz CT molecular complexity index is 1100. The summed E-state index contributed by atoms with van der Waals surface area (Å²) in [6.45, 7) is 0. The summed E-state index contributed by atoms with van der Waals surface area (Å²) < 4.78 is 3.36. The first kappa shape index (κ1) is 15.9. The Labute approximate surface area is 149 Å². The van der Waals surface area contributed by atoms with E-state index in [-0.39, 0.29) is 5.43 Å². The lowest BCUT2D eigenvalue weighted by Crippen LogP contribution is -2.16. The van der Waals surface area contributed by atoms with Gasteiger partial charge in [-0.15, -0.1) is 0 Å². The SMILES string of the molecule is Cn1cc(-n2ccc(=O)c(Cc3cccc(-c4cnccn4)c3)n2)cn1. The molecule has 128 valence electrons. The predicted octanol–water partition coefficient (Wildman–Crippen LogP) is 2.01. The molecule has 0 fully saturated rings. The molecule has 7 heteroatoms. The van der Waals surface area contributed by atoms with Crippen LogP contribution in [-0.2, 0) is 13.5 Å². The molecule has 0 aliphatic rings. The Morgan fingerprint density at radius 3 is 2.81 bits per heavy atom. The minimum absolute atomic E-state index is 0.0879. The van der Waals surface area contributed by atoms with Crippen LogP contribution in [0.3, 0.4) is 0 Å². The summed E-state index contributed by atoms with van der Waals surface area (Å²) in [5.74, 6) is 0. The van der Waals surface area contributed by atoms with E-state index >= 15 is 0 Å². The summed E-state index contributed by atoms with van der Waals surface area (Å²) in [5, 5.41) is 8.62. The van der Waals surface area contributed by atoms with E-state index in [1.54, 1.807) is 40.3 Å². The van der Waals surface area contributed by atoms with Gasteiger partial charge >= 0.3 is 0 Å². The summed E-state index contributed by atoms with van der Waals surface area (Å²) >= 11 is 0. The van der Waals surface area contributed by atoms with Crippen molar-refractivity contribution in [2.75, 3.05) is 0 Å². The van der Waals surface area contributed by atoms with Crippen molar-refractivity contribution < 1.29 is 0 Å². The second kappa shape index (κ2) is 6.72. The van der Waals surface area contributed by atoms with E-state index < -0.39 is 0 Å². The van der Waals surface area contributed by atoms with Gasteiger partial charge in [-0.25, -0.2) is 4.68 Å². The minimum Gasteiger partial charge on any atom is -0.288 e. The zero-order valence-corrected chi connectivity index (χ0v) is 14.1. The molecule has 0 aliphatic heterocycles. The Kier molecular flexibility index (Phi) is 4.10. The highest BCUT2D eigenvalue weighted by atomic mass is 16.1. The molecule has 26 heavy (non-hydrogen) atoms. The number of aromatic nitrogens is 6. The molecule has 0 amide bonds. The van der Waals surface area contributed by atoms with E-state index in [4.69, 9.17) is 0 Å². The predicted molar refractivity (Wildman–Crippen MR) is 96.9 cm³/mol. The quantitative estimate of drug-likeness (QED) is 0.566. The summed E-state index contributed by atoms with van der Waals surface area (Å²) in [5.41, 5.74) is 3.94. The highest BCUT2D eigenvalue weighted by Gasteiger charge is 2.08. The van der Waals surface area contributed by atoms with Crippen molar-refractivity contribution in [3.05, 3.63) is 89.0 Å². The monoisotopic (exact) mass is 344 g/mol. The average molecular weight is 344 g/mol. The van der Waals surface area contributed by atoms with Gasteiger partial charge in [0, 0.05) is 43.7 Å². The smallest absolute Gasteiger partial charge is 0.203 e.